The predicted octanol–water partition coefficient (Wildman–Crippen LogP) is 2.04. The molecule has 12 heteroatoms. The van der Waals surface area contributed by atoms with E-state index < -0.39 is 34.5 Å². The van der Waals surface area contributed by atoms with Crippen molar-refractivity contribution in [3.8, 4) is 11.3 Å². The molecule has 0 unspecified atom stereocenters. The van der Waals surface area contributed by atoms with Crippen molar-refractivity contribution in [2.45, 2.75) is 24.7 Å². The third-order valence-electron chi connectivity index (χ3n) is 6.62. The third kappa shape index (κ3) is 3.98. The molecule has 1 aliphatic carbocycles. The summed E-state index contributed by atoms with van der Waals surface area (Å²) in [6.07, 6.45) is -0.458. The van der Waals surface area contributed by atoms with Gasteiger partial charge < -0.3 is 19.9 Å². The van der Waals surface area contributed by atoms with Crippen LogP contribution in [-0.4, -0.2) is 58.1 Å². The van der Waals surface area contributed by atoms with Crippen molar-refractivity contribution in [2.24, 2.45) is 11.1 Å². The first kappa shape index (κ1) is 22.9. The number of para-hydroxylation sites is 2. The van der Waals surface area contributed by atoms with Crippen LogP contribution in [0.1, 0.15) is 6.42 Å². The van der Waals surface area contributed by atoms with Gasteiger partial charge in [0.05, 0.1) is 24.4 Å². The number of aliphatic hydroxyl groups excluding tert-OH is 2. The summed E-state index contributed by atoms with van der Waals surface area (Å²) in [7, 11) is -4.15. The summed E-state index contributed by atoms with van der Waals surface area (Å²) in [6, 6.07) is 16.7. The van der Waals surface area contributed by atoms with E-state index in [0.717, 1.165) is 27.5 Å². The van der Waals surface area contributed by atoms with E-state index >= 15 is 0 Å². The molecule has 5 aromatic rings. The maximum Gasteiger partial charge on any atom is 0.333 e. The van der Waals surface area contributed by atoms with Crippen LogP contribution in [0.25, 0.3) is 38.8 Å². The minimum atomic E-state index is -4.15. The number of anilines is 1. The van der Waals surface area contributed by atoms with Crippen molar-refractivity contribution in [2.75, 3.05) is 11.9 Å². The summed E-state index contributed by atoms with van der Waals surface area (Å²) in [6.45, 7) is -0.325. The highest BCUT2D eigenvalue weighted by Gasteiger charge is 2.42. The smallest absolute Gasteiger partial charge is 0.333 e. The number of hydrogen-bond acceptors (Lipinski definition) is 9. The number of fused-ring (bicyclic) bond motifs is 4. The van der Waals surface area contributed by atoms with Gasteiger partial charge in [0.2, 0.25) is 0 Å². The molecule has 4 atom stereocenters. The Bertz CT molecular complexity index is 1700. The van der Waals surface area contributed by atoms with E-state index in [1.165, 1.54) is 0 Å². The second-order valence-electron chi connectivity index (χ2n) is 8.92. The van der Waals surface area contributed by atoms with Crippen LogP contribution in [0, 0.1) is 5.92 Å². The van der Waals surface area contributed by atoms with E-state index in [4.69, 9.17) is 14.7 Å². The molecule has 2 aromatic carbocycles. The maximum atomic E-state index is 11.1. The van der Waals surface area contributed by atoms with Crippen molar-refractivity contribution in [3.63, 3.8) is 0 Å². The van der Waals surface area contributed by atoms with Gasteiger partial charge in [-0.2, -0.15) is 18.0 Å². The molecule has 0 amide bonds. The first-order valence-electron chi connectivity index (χ1n) is 11.3. The van der Waals surface area contributed by atoms with E-state index in [0.29, 0.717) is 17.2 Å². The zero-order valence-corrected chi connectivity index (χ0v) is 19.7. The first-order valence-corrected chi connectivity index (χ1v) is 12.8. The van der Waals surface area contributed by atoms with Gasteiger partial charge in [-0.15, -0.1) is 0 Å². The van der Waals surface area contributed by atoms with E-state index in [2.05, 4.69) is 14.5 Å². The quantitative estimate of drug-likeness (QED) is 0.268. The Labute approximate surface area is 205 Å². The van der Waals surface area contributed by atoms with E-state index in [1.807, 2.05) is 48.5 Å². The van der Waals surface area contributed by atoms with Crippen LogP contribution in [0.5, 0.6) is 0 Å². The zero-order valence-electron chi connectivity index (χ0n) is 18.9. The molecule has 3 aromatic heterocycles. The Morgan fingerprint density at radius 3 is 2.75 bits per heavy atom. The fourth-order valence-electron chi connectivity index (χ4n) is 4.89. The minimum absolute atomic E-state index is 0.258. The lowest BCUT2D eigenvalue weighted by Gasteiger charge is -2.19. The number of nitrogens with one attached hydrogen (secondary N) is 1. The highest BCUT2D eigenvalue weighted by atomic mass is 32.2. The van der Waals surface area contributed by atoms with Crippen molar-refractivity contribution >= 4 is 43.7 Å². The fraction of sp³-hybridized carbons (Fsp3) is 0.250. The average molecular weight is 510 g/mol. The van der Waals surface area contributed by atoms with Gasteiger partial charge in [0.1, 0.15) is 23.1 Å². The second kappa shape index (κ2) is 8.54. The SMILES string of the molecule is NS(=O)(=O)OC[C@H]1C[C@@H](Nc2ccnc3cc(-c4cccc5c4oc4ccccc45)nn23)[C@H](O)[C@@H]1O. The zero-order chi connectivity index (χ0) is 25.0. The van der Waals surface area contributed by atoms with Gasteiger partial charge in [-0.05, 0) is 24.6 Å². The summed E-state index contributed by atoms with van der Waals surface area (Å²) in [5.74, 6) is -0.0701. The molecule has 1 aliphatic rings. The lowest BCUT2D eigenvalue weighted by Crippen LogP contribution is -2.36. The van der Waals surface area contributed by atoms with Crippen LogP contribution < -0.4 is 10.5 Å². The van der Waals surface area contributed by atoms with Crippen molar-refractivity contribution in [1.29, 1.82) is 0 Å². The third-order valence-corrected chi connectivity index (χ3v) is 7.08. The number of nitrogens with two attached hydrogens (primary N) is 1. The monoisotopic (exact) mass is 509 g/mol. The van der Waals surface area contributed by atoms with Gasteiger partial charge in [-0.3, -0.25) is 4.18 Å². The predicted molar refractivity (Wildman–Crippen MR) is 132 cm³/mol. The molecule has 0 spiro atoms. The van der Waals surface area contributed by atoms with Gasteiger partial charge in [0, 0.05) is 34.5 Å². The highest BCUT2D eigenvalue weighted by molar-refractivity contribution is 7.84. The largest absolute Gasteiger partial charge is 0.455 e. The van der Waals surface area contributed by atoms with Crippen LogP contribution in [0.3, 0.4) is 0 Å². The Balaban J connectivity index is 1.33. The number of hydrogen-bond donors (Lipinski definition) is 4. The molecule has 0 saturated heterocycles. The molecule has 186 valence electrons. The Hall–Kier alpha value is -3.55. The summed E-state index contributed by atoms with van der Waals surface area (Å²) in [5, 5.41) is 35.8. The van der Waals surface area contributed by atoms with E-state index in [9.17, 15) is 18.6 Å². The molecule has 36 heavy (non-hydrogen) atoms. The Morgan fingerprint density at radius 2 is 1.92 bits per heavy atom. The molecule has 1 saturated carbocycles. The van der Waals surface area contributed by atoms with Gasteiger partial charge >= 0.3 is 10.3 Å². The molecule has 5 N–H and O–H groups in total. The van der Waals surface area contributed by atoms with Crippen LogP contribution in [0.4, 0.5) is 5.82 Å². The molecular formula is C24H23N5O6S. The number of rotatable bonds is 6. The van der Waals surface area contributed by atoms with Crippen molar-refractivity contribution < 1.29 is 27.2 Å². The van der Waals surface area contributed by atoms with Crippen LogP contribution >= 0.6 is 0 Å². The number of benzene rings is 2. The molecule has 0 aliphatic heterocycles. The summed E-state index contributed by atoms with van der Waals surface area (Å²) in [4.78, 5) is 4.41. The standard InChI is InChI=1S/C24H23N5O6S/c25-36(32,33)34-12-13-10-18(23(31)22(13)30)27-20-8-9-26-21-11-17(28-29(20)21)16-6-3-5-15-14-4-1-2-7-19(14)35-24(15)16/h1-9,11,13,18,22-23,27,30-31H,10,12H2,(H2,25,32,33)/t13-,18-,22-,23+/m1/s1. The normalized spacial score (nSPS) is 22.6. The van der Waals surface area contributed by atoms with Crippen molar-refractivity contribution in [1.82, 2.24) is 14.6 Å². The van der Waals surface area contributed by atoms with Crippen molar-refractivity contribution in [3.05, 3.63) is 60.8 Å². The fourth-order valence-corrected chi connectivity index (χ4v) is 5.25. The molecule has 3 heterocycles. The lowest BCUT2D eigenvalue weighted by atomic mass is 10.1. The Morgan fingerprint density at radius 1 is 1.11 bits per heavy atom. The summed E-state index contributed by atoms with van der Waals surface area (Å²) < 4.78 is 34.6. The van der Waals surface area contributed by atoms with Crippen LogP contribution in [0.2, 0.25) is 0 Å². The van der Waals surface area contributed by atoms with E-state index in [1.54, 1.807) is 16.8 Å². The van der Waals surface area contributed by atoms with Crippen LogP contribution in [0.15, 0.2) is 65.2 Å². The number of aromatic nitrogens is 3. The highest BCUT2D eigenvalue weighted by Crippen LogP contribution is 2.36. The summed E-state index contributed by atoms with van der Waals surface area (Å²) in [5.41, 5.74) is 3.57. The molecule has 6 rings (SSSR count). The van der Waals surface area contributed by atoms with E-state index in [-0.39, 0.29) is 13.0 Å². The lowest BCUT2D eigenvalue weighted by molar-refractivity contribution is 0.00777. The molecular weight excluding hydrogens is 486 g/mol. The second-order valence-corrected chi connectivity index (χ2v) is 10.1. The molecule has 0 radical (unpaired) electrons. The number of furan rings is 1. The molecule has 0 bridgehead atoms. The topological polar surface area (TPSA) is 165 Å². The number of aliphatic hydroxyl groups is 2. The van der Waals surface area contributed by atoms with Gasteiger partial charge in [0.15, 0.2) is 5.65 Å². The average Bonchev–Trinajstić information content (AvgIpc) is 3.53. The summed E-state index contributed by atoms with van der Waals surface area (Å²) >= 11 is 0. The van der Waals surface area contributed by atoms with Gasteiger partial charge in [-0.25, -0.2) is 10.1 Å². The van der Waals surface area contributed by atoms with Crippen LogP contribution in [-0.2, 0) is 14.5 Å². The molecule has 11 nitrogen and oxygen atoms in total. The van der Waals surface area contributed by atoms with Gasteiger partial charge in [0.25, 0.3) is 0 Å². The molecule has 1 fully saturated rings. The maximum absolute atomic E-state index is 11.1. The minimum Gasteiger partial charge on any atom is -0.455 e. The first-order chi connectivity index (χ1) is 17.3. The Kier molecular flexibility index (Phi) is 5.43. The van der Waals surface area contributed by atoms with Gasteiger partial charge in [-0.1, -0.05) is 30.3 Å². The number of nitrogens with zero attached hydrogens (tertiary/aromatic N) is 3.